The first-order chi connectivity index (χ1) is 17.0. The van der Waals surface area contributed by atoms with Crippen molar-refractivity contribution in [1.82, 2.24) is 19.5 Å². The van der Waals surface area contributed by atoms with Crippen LogP contribution in [-0.4, -0.2) is 50.9 Å². The molecule has 10 heteroatoms. The number of ether oxygens (including phenoxy) is 1. The Kier molecular flexibility index (Phi) is 6.52. The largest absolute Gasteiger partial charge is 0.497 e. The molecule has 4 heterocycles. The summed E-state index contributed by atoms with van der Waals surface area (Å²) in [5.74, 6) is 1.32. The number of rotatable bonds is 6. The number of hydrogen-bond acceptors (Lipinski definition) is 8. The molecule has 1 aliphatic rings. The van der Waals surface area contributed by atoms with Crippen LogP contribution >= 0.6 is 11.6 Å². The lowest BCUT2D eigenvalue weighted by molar-refractivity contribution is 0.145. The monoisotopic (exact) mass is 492 g/mol. The van der Waals surface area contributed by atoms with E-state index in [4.69, 9.17) is 16.3 Å². The van der Waals surface area contributed by atoms with Gasteiger partial charge in [-0.15, -0.1) is 0 Å². The Hall–Kier alpha value is -3.69. The second-order valence-corrected chi connectivity index (χ2v) is 8.85. The Morgan fingerprint density at radius 1 is 1.14 bits per heavy atom. The molecule has 35 heavy (non-hydrogen) atoms. The molecule has 5 rings (SSSR count). The maximum atomic E-state index is 13.4. The molecule has 1 fully saturated rings. The number of aliphatic hydroxyl groups is 1. The number of fused-ring (bicyclic) bond motifs is 1. The van der Waals surface area contributed by atoms with E-state index in [2.05, 4.69) is 25.2 Å². The van der Waals surface area contributed by atoms with Crippen molar-refractivity contribution in [2.75, 3.05) is 30.4 Å². The number of methoxy groups -OCH3 is 1. The van der Waals surface area contributed by atoms with Gasteiger partial charge in [-0.1, -0.05) is 23.7 Å². The second kappa shape index (κ2) is 9.89. The molecule has 0 aliphatic carbocycles. The fraction of sp³-hybridized carbons (Fsp3) is 0.280. The molecular weight excluding hydrogens is 468 g/mol. The van der Waals surface area contributed by atoms with Crippen LogP contribution in [0.2, 0.25) is 5.15 Å². The van der Waals surface area contributed by atoms with Gasteiger partial charge in [0, 0.05) is 19.2 Å². The molecule has 4 aromatic rings. The van der Waals surface area contributed by atoms with Gasteiger partial charge in [0.05, 0.1) is 37.3 Å². The van der Waals surface area contributed by atoms with Crippen molar-refractivity contribution in [3.8, 4) is 5.75 Å². The van der Waals surface area contributed by atoms with Gasteiger partial charge in [0.2, 0.25) is 0 Å². The molecule has 0 radical (unpaired) electrons. The van der Waals surface area contributed by atoms with Gasteiger partial charge in [0.25, 0.3) is 5.56 Å². The molecule has 0 amide bonds. The summed E-state index contributed by atoms with van der Waals surface area (Å²) in [6.07, 6.45) is 4.53. The first-order valence-electron chi connectivity index (χ1n) is 11.3. The molecule has 0 unspecified atom stereocenters. The van der Waals surface area contributed by atoms with E-state index in [0.717, 1.165) is 42.9 Å². The first-order valence-corrected chi connectivity index (χ1v) is 11.7. The zero-order valence-electron chi connectivity index (χ0n) is 19.2. The van der Waals surface area contributed by atoms with E-state index < -0.39 is 0 Å². The molecule has 0 saturated carbocycles. The van der Waals surface area contributed by atoms with Crippen LogP contribution in [-0.2, 0) is 6.54 Å². The molecule has 0 atom stereocenters. The van der Waals surface area contributed by atoms with E-state index in [1.54, 1.807) is 19.4 Å². The first kappa shape index (κ1) is 23.1. The molecule has 1 saturated heterocycles. The number of nitrogens with one attached hydrogen (secondary N) is 1. The Morgan fingerprint density at radius 2 is 1.91 bits per heavy atom. The third-order valence-electron chi connectivity index (χ3n) is 6.12. The van der Waals surface area contributed by atoms with Crippen LogP contribution in [0.15, 0.2) is 59.8 Å². The maximum Gasteiger partial charge on any atom is 0.265 e. The van der Waals surface area contributed by atoms with Gasteiger partial charge in [-0.05, 0) is 42.7 Å². The van der Waals surface area contributed by atoms with Crippen molar-refractivity contribution in [3.05, 3.63) is 76.1 Å². The molecular formula is C25H25ClN6O3. The minimum Gasteiger partial charge on any atom is -0.497 e. The van der Waals surface area contributed by atoms with Gasteiger partial charge in [0.1, 0.15) is 28.4 Å². The summed E-state index contributed by atoms with van der Waals surface area (Å²) < 4.78 is 6.74. The third kappa shape index (κ3) is 5.06. The lowest BCUT2D eigenvalue weighted by Gasteiger charge is -2.31. The molecule has 1 aromatic carbocycles. The van der Waals surface area contributed by atoms with E-state index in [9.17, 15) is 9.90 Å². The van der Waals surface area contributed by atoms with Gasteiger partial charge in [-0.3, -0.25) is 9.36 Å². The van der Waals surface area contributed by atoms with Crippen molar-refractivity contribution in [1.29, 1.82) is 0 Å². The summed E-state index contributed by atoms with van der Waals surface area (Å²) in [5, 5.41) is 13.5. The second-order valence-electron chi connectivity index (χ2n) is 8.46. The number of aromatic nitrogens is 4. The summed E-state index contributed by atoms with van der Waals surface area (Å²) in [4.78, 5) is 28.7. The van der Waals surface area contributed by atoms with Gasteiger partial charge in [-0.25, -0.2) is 15.0 Å². The lowest BCUT2D eigenvalue weighted by atomic mass is 10.1. The number of nitrogens with zero attached hydrogens (tertiary/aromatic N) is 5. The van der Waals surface area contributed by atoms with E-state index >= 15 is 0 Å². The summed E-state index contributed by atoms with van der Waals surface area (Å²) in [7, 11) is 1.61. The highest BCUT2D eigenvalue weighted by Gasteiger charge is 2.18. The number of pyridine rings is 2. The zero-order valence-corrected chi connectivity index (χ0v) is 19.9. The highest BCUT2D eigenvalue weighted by Crippen LogP contribution is 2.26. The summed E-state index contributed by atoms with van der Waals surface area (Å²) >= 11 is 6.22. The highest BCUT2D eigenvalue weighted by atomic mass is 35.5. The number of benzene rings is 1. The quantitative estimate of drug-likeness (QED) is 0.393. The summed E-state index contributed by atoms with van der Waals surface area (Å²) in [5.41, 5.74) is 2.44. The topological polar surface area (TPSA) is 105 Å². The van der Waals surface area contributed by atoms with E-state index in [1.165, 1.54) is 10.9 Å². The Bertz CT molecular complexity index is 1380. The number of hydrogen-bond donors (Lipinski definition) is 2. The number of piperidine rings is 1. The van der Waals surface area contributed by atoms with Crippen molar-refractivity contribution >= 4 is 39.8 Å². The fourth-order valence-electron chi connectivity index (χ4n) is 4.17. The average Bonchev–Trinajstić information content (AvgIpc) is 2.87. The van der Waals surface area contributed by atoms with E-state index in [-0.39, 0.29) is 22.5 Å². The van der Waals surface area contributed by atoms with Crippen LogP contribution in [0.1, 0.15) is 18.4 Å². The van der Waals surface area contributed by atoms with Gasteiger partial charge in [0.15, 0.2) is 5.65 Å². The minimum atomic E-state index is -0.235. The number of anilines is 3. The molecule has 180 valence electrons. The molecule has 3 aromatic heterocycles. The van der Waals surface area contributed by atoms with Crippen molar-refractivity contribution in [2.45, 2.75) is 25.5 Å². The standard InChI is InChI=1S/C25H25ClN6O3/c1-35-19-5-2-16(3-6-19)14-32-15-28-24-23(25(32)34)20(12-21(26)30-24)29-22-7-4-17(13-27-22)31-10-8-18(33)9-11-31/h2-7,12-13,15,18,33H,8-11,14H2,1H3,(H,27,29,30). The van der Waals surface area contributed by atoms with E-state index in [0.29, 0.717) is 23.4 Å². The van der Waals surface area contributed by atoms with Crippen LogP contribution in [0.3, 0.4) is 0 Å². The van der Waals surface area contributed by atoms with Crippen LogP contribution in [0.5, 0.6) is 5.75 Å². The Balaban J connectivity index is 1.43. The number of halogens is 1. The van der Waals surface area contributed by atoms with Crippen molar-refractivity contribution in [2.24, 2.45) is 0 Å². The van der Waals surface area contributed by atoms with Crippen LogP contribution < -0.4 is 20.5 Å². The third-order valence-corrected chi connectivity index (χ3v) is 6.31. The summed E-state index contributed by atoms with van der Waals surface area (Å²) in [6.45, 7) is 1.94. The SMILES string of the molecule is COc1ccc(Cn2cnc3nc(Cl)cc(Nc4ccc(N5CCC(O)CC5)cn4)c3c2=O)cc1. The maximum absolute atomic E-state index is 13.4. The predicted octanol–water partition coefficient (Wildman–Crippen LogP) is 3.60. The molecule has 1 aliphatic heterocycles. The van der Waals surface area contributed by atoms with Crippen LogP contribution in [0, 0.1) is 0 Å². The normalized spacial score (nSPS) is 14.3. The van der Waals surface area contributed by atoms with E-state index in [1.807, 2.05) is 36.4 Å². The molecule has 0 bridgehead atoms. The van der Waals surface area contributed by atoms with Crippen LogP contribution in [0.4, 0.5) is 17.2 Å². The predicted molar refractivity (Wildman–Crippen MR) is 136 cm³/mol. The Morgan fingerprint density at radius 3 is 2.60 bits per heavy atom. The average molecular weight is 493 g/mol. The highest BCUT2D eigenvalue weighted by molar-refractivity contribution is 6.30. The zero-order chi connectivity index (χ0) is 24.4. The van der Waals surface area contributed by atoms with Gasteiger partial charge < -0.3 is 20.1 Å². The lowest BCUT2D eigenvalue weighted by Crippen LogP contribution is -2.35. The van der Waals surface area contributed by atoms with Crippen molar-refractivity contribution < 1.29 is 9.84 Å². The molecule has 0 spiro atoms. The Labute approximate surface area is 207 Å². The molecule has 2 N–H and O–H groups in total. The van der Waals surface area contributed by atoms with Gasteiger partial charge in [-0.2, -0.15) is 0 Å². The summed E-state index contributed by atoms with van der Waals surface area (Å²) in [6, 6.07) is 12.9. The van der Waals surface area contributed by atoms with Crippen LogP contribution in [0.25, 0.3) is 11.0 Å². The molecule has 9 nitrogen and oxygen atoms in total. The van der Waals surface area contributed by atoms with Gasteiger partial charge >= 0.3 is 0 Å². The fourth-order valence-corrected chi connectivity index (χ4v) is 4.36. The number of aliphatic hydroxyl groups excluding tert-OH is 1. The van der Waals surface area contributed by atoms with Crippen molar-refractivity contribution in [3.63, 3.8) is 0 Å². The smallest absolute Gasteiger partial charge is 0.265 e. The minimum absolute atomic E-state index is 0.225.